The maximum atomic E-state index is 12.4. The molecule has 7 heteroatoms. The van der Waals surface area contributed by atoms with Crippen LogP contribution in [0.1, 0.15) is 18.7 Å². The first kappa shape index (κ1) is 11.2. The summed E-state index contributed by atoms with van der Waals surface area (Å²) in [7, 11) is 2.07. The van der Waals surface area contributed by atoms with E-state index in [0.29, 0.717) is 0 Å². The van der Waals surface area contributed by atoms with Gasteiger partial charge in [0.15, 0.2) is 0 Å². The Kier molecular flexibility index (Phi) is 2.52. The van der Waals surface area contributed by atoms with Gasteiger partial charge in [0.25, 0.3) is 0 Å². The molecule has 2 bridgehead atoms. The van der Waals surface area contributed by atoms with Gasteiger partial charge in [0, 0.05) is 25.2 Å². The molecule has 2 fully saturated rings. The first-order valence-electron chi connectivity index (χ1n) is 6.02. The van der Waals surface area contributed by atoms with Crippen molar-refractivity contribution >= 4 is 6.03 Å². The molecule has 0 saturated carbocycles. The Labute approximate surface area is 105 Å². The molecule has 2 saturated heterocycles. The van der Waals surface area contributed by atoms with Crippen LogP contribution in [0.15, 0.2) is 6.33 Å². The minimum atomic E-state index is -0.218. The van der Waals surface area contributed by atoms with Crippen molar-refractivity contribution in [3.05, 3.63) is 12.2 Å². The third-order valence-electron chi connectivity index (χ3n) is 3.71. The van der Waals surface area contributed by atoms with Crippen LogP contribution in [0.2, 0.25) is 0 Å². The van der Waals surface area contributed by atoms with Gasteiger partial charge in [-0.2, -0.15) is 9.94 Å². The summed E-state index contributed by atoms with van der Waals surface area (Å²) in [4.78, 5) is 20.3. The summed E-state index contributed by atoms with van der Waals surface area (Å²) in [6.07, 6.45) is 3.29. The van der Waals surface area contributed by atoms with Gasteiger partial charge in [-0.05, 0) is 19.9 Å². The van der Waals surface area contributed by atoms with Gasteiger partial charge < -0.3 is 9.80 Å². The van der Waals surface area contributed by atoms with Crippen molar-refractivity contribution in [3.63, 3.8) is 0 Å². The molecule has 2 aliphatic heterocycles. The van der Waals surface area contributed by atoms with Crippen LogP contribution in [0, 0.1) is 11.3 Å². The van der Waals surface area contributed by atoms with Crippen LogP contribution < -0.4 is 0 Å². The Morgan fingerprint density at radius 2 is 2.11 bits per heavy atom. The molecule has 3 rings (SSSR count). The minimum absolute atomic E-state index is 0.0540. The molecule has 1 aromatic rings. The zero-order chi connectivity index (χ0) is 12.7. The first-order valence-corrected chi connectivity index (χ1v) is 6.02. The zero-order valence-corrected chi connectivity index (χ0v) is 10.2. The molecule has 2 atom stereocenters. The molecule has 0 radical (unpaired) electrons. The Morgan fingerprint density at radius 3 is 2.72 bits per heavy atom. The number of likely N-dealkylation sites (N-methyl/N-ethyl adjacent to an activating group) is 1. The maximum absolute atomic E-state index is 12.4. The number of carbonyl (C=O) groups excluding carboxylic acids is 1. The molecule has 1 aromatic heterocycles. The number of nitrogens with zero attached hydrogens (tertiary/aromatic N) is 6. The van der Waals surface area contributed by atoms with Gasteiger partial charge in [0.2, 0.25) is 5.82 Å². The smallest absolute Gasteiger partial charge is 0.314 e. The van der Waals surface area contributed by atoms with Gasteiger partial charge in [0.1, 0.15) is 12.4 Å². The van der Waals surface area contributed by atoms with Crippen LogP contribution in [0.25, 0.3) is 0 Å². The normalized spacial score (nSPS) is 27.2. The molecule has 0 N–H and O–H groups in total. The van der Waals surface area contributed by atoms with E-state index in [1.807, 2.05) is 11.0 Å². The van der Waals surface area contributed by atoms with Gasteiger partial charge in [-0.15, -0.1) is 5.10 Å². The number of piperazine rings is 1. The van der Waals surface area contributed by atoms with E-state index >= 15 is 0 Å². The van der Waals surface area contributed by atoms with Crippen molar-refractivity contribution in [2.45, 2.75) is 24.9 Å². The molecular weight excluding hydrogens is 232 g/mol. The zero-order valence-electron chi connectivity index (χ0n) is 10.2. The molecule has 1 amide bonds. The highest BCUT2D eigenvalue weighted by Gasteiger charge is 2.42. The van der Waals surface area contributed by atoms with E-state index in [1.54, 1.807) is 0 Å². The summed E-state index contributed by atoms with van der Waals surface area (Å²) < 4.78 is 1.11. The summed E-state index contributed by atoms with van der Waals surface area (Å²) in [5.41, 5.74) is 0. The van der Waals surface area contributed by atoms with E-state index < -0.39 is 0 Å². The van der Waals surface area contributed by atoms with E-state index in [1.165, 1.54) is 6.33 Å². The van der Waals surface area contributed by atoms with E-state index in [2.05, 4.69) is 22.0 Å². The summed E-state index contributed by atoms with van der Waals surface area (Å²) in [5.74, 6) is 0.0540. The van der Waals surface area contributed by atoms with Crippen LogP contribution in [-0.2, 0) is 0 Å². The third kappa shape index (κ3) is 1.57. The van der Waals surface area contributed by atoms with Crippen molar-refractivity contribution in [2.24, 2.45) is 0 Å². The molecule has 0 aliphatic carbocycles. The monoisotopic (exact) mass is 246 g/mol. The molecule has 0 aromatic carbocycles. The average molecular weight is 246 g/mol. The lowest BCUT2D eigenvalue weighted by Gasteiger charge is -2.38. The fourth-order valence-corrected chi connectivity index (χ4v) is 2.99. The van der Waals surface area contributed by atoms with Crippen molar-refractivity contribution in [1.29, 1.82) is 5.26 Å². The standard InChI is InChI=1S/C11H14N6O/c1-15-5-8-2-3-9(6-15)16(8)11(18)17-10(4-12)13-7-14-17/h7-9H,2-3,5-6H2,1H3. The Morgan fingerprint density at radius 1 is 1.44 bits per heavy atom. The van der Waals surface area contributed by atoms with Crippen LogP contribution in [0.5, 0.6) is 0 Å². The lowest BCUT2D eigenvalue weighted by Crippen LogP contribution is -2.55. The number of aromatic nitrogens is 3. The second-order valence-electron chi connectivity index (χ2n) is 4.90. The summed E-state index contributed by atoms with van der Waals surface area (Å²) >= 11 is 0. The number of fused-ring (bicyclic) bond motifs is 2. The van der Waals surface area contributed by atoms with E-state index in [9.17, 15) is 4.79 Å². The average Bonchev–Trinajstić information content (AvgIpc) is 2.92. The molecular formula is C11H14N6O. The van der Waals surface area contributed by atoms with Gasteiger partial charge in [-0.25, -0.2) is 9.78 Å². The second-order valence-corrected chi connectivity index (χ2v) is 4.90. The lowest BCUT2D eigenvalue weighted by atomic mass is 10.2. The van der Waals surface area contributed by atoms with Crippen molar-refractivity contribution in [1.82, 2.24) is 24.6 Å². The topological polar surface area (TPSA) is 78.1 Å². The molecule has 0 spiro atoms. The number of rotatable bonds is 0. The fraction of sp³-hybridized carbons (Fsp3) is 0.636. The highest BCUT2D eigenvalue weighted by atomic mass is 16.2. The predicted molar refractivity (Wildman–Crippen MR) is 61.7 cm³/mol. The van der Waals surface area contributed by atoms with E-state index in [0.717, 1.165) is 30.6 Å². The number of hydrogen-bond acceptors (Lipinski definition) is 5. The minimum Gasteiger partial charge on any atom is -0.314 e. The van der Waals surface area contributed by atoms with Gasteiger partial charge in [-0.3, -0.25) is 0 Å². The van der Waals surface area contributed by atoms with Crippen LogP contribution in [-0.4, -0.2) is 62.8 Å². The van der Waals surface area contributed by atoms with Crippen LogP contribution in [0.4, 0.5) is 4.79 Å². The van der Waals surface area contributed by atoms with Crippen molar-refractivity contribution < 1.29 is 4.79 Å². The van der Waals surface area contributed by atoms with Gasteiger partial charge >= 0.3 is 6.03 Å². The molecule has 2 aliphatic rings. The molecule has 18 heavy (non-hydrogen) atoms. The van der Waals surface area contributed by atoms with E-state index in [-0.39, 0.29) is 23.9 Å². The van der Waals surface area contributed by atoms with Crippen molar-refractivity contribution in [3.8, 4) is 6.07 Å². The van der Waals surface area contributed by atoms with Crippen LogP contribution >= 0.6 is 0 Å². The lowest BCUT2D eigenvalue weighted by molar-refractivity contribution is 0.102. The number of carbonyl (C=O) groups is 1. The predicted octanol–water partition coefficient (Wildman–Crippen LogP) is -0.104. The summed E-state index contributed by atoms with van der Waals surface area (Å²) in [6, 6.07) is 2.13. The Hall–Kier alpha value is -1.94. The Bertz CT molecular complexity index is 504. The highest BCUT2D eigenvalue weighted by molar-refractivity contribution is 5.78. The number of hydrogen-bond donors (Lipinski definition) is 0. The number of likely N-dealkylation sites (tertiary alicyclic amines) is 1. The summed E-state index contributed by atoms with van der Waals surface area (Å²) in [6.45, 7) is 1.78. The number of amides is 1. The van der Waals surface area contributed by atoms with Crippen LogP contribution in [0.3, 0.4) is 0 Å². The Balaban J connectivity index is 1.88. The van der Waals surface area contributed by atoms with E-state index in [4.69, 9.17) is 5.26 Å². The molecule has 2 unspecified atom stereocenters. The largest absolute Gasteiger partial charge is 0.347 e. The fourth-order valence-electron chi connectivity index (χ4n) is 2.99. The summed E-state index contributed by atoms with van der Waals surface area (Å²) in [5, 5.41) is 12.7. The quantitative estimate of drug-likeness (QED) is 0.638. The molecule has 7 nitrogen and oxygen atoms in total. The molecule has 94 valence electrons. The second kappa shape index (κ2) is 4.07. The third-order valence-corrected chi connectivity index (χ3v) is 3.71. The number of nitriles is 1. The van der Waals surface area contributed by atoms with Gasteiger partial charge in [-0.1, -0.05) is 0 Å². The van der Waals surface area contributed by atoms with Crippen molar-refractivity contribution in [2.75, 3.05) is 20.1 Å². The first-order chi connectivity index (χ1) is 8.70. The molecule has 3 heterocycles. The maximum Gasteiger partial charge on any atom is 0.347 e. The van der Waals surface area contributed by atoms with Gasteiger partial charge in [0.05, 0.1) is 0 Å². The highest BCUT2D eigenvalue weighted by Crippen LogP contribution is 2.30. The SMILES string of the molecule is CN1CC2CCC(C1)N2C(=O)n1ncnc1C#N.